The first kappa shape index (κ1) is 27.0. The van der Waals surface area contributed by atoms with Crippen molar-refractivity contribution in [1.29, 1.82) is 0 Å². The number of aryl methyl sites for hydroxylation is 2. The van der Waals surface area contributed by atoms with Gasteiger partial charge in [0.25, 0.3) is 0 Å². The Hall–Kier alpha value is -1.97. The van der Waals surface area contributed by atoms with Crippen LogP contribution in [-0.4, -0.2) is 18.2 Å². The minimum atomic E-state index is -0.615. The number of benzene rings is 2. The van der Waals surface area contributed by atoms with Crippen molar-refractivity contribution in [3.05, 3.63) is 84.2 Å². The molecule has 0 radical (unpaired) electrons. The normalized spacial score (nSPS) is 9.34. The zero-order valence-corrected chi connectivity index (χ0v) is 20.2. The Balaban J connectivity index is 0.000000524. The van der Waals surface area contributed by atoms with Gasteiger partial charge in [0.2, 0.25) is 6.09 Å². The minimum absolute atomic E-state index is 0. The van der Waals surface area contributed by atoms with Crippen molar-refractivity contribution < 1.29 is 26.8 Å². The fraction of sp³-hybridized carbons (Fsp3) is 0.261. The number of carbonyl (C=O) groups is 1. The number of amides is 1. The molecule has 0 aliphatic carbocycles. The standard InChI is InChI=1S/C12H12N2O2.C10H14.CH3.ClH.Ru/c1-8-5-6-10(14-12(15)16-2)11-9(8)4-3-7-13-11;1-8(2)10-6-4-9(3)5-7-10;;;/h3-7H,1-2H3,(H,14,15);4-8H,1-3H3;1H3;1H;/q;;-1;;+3/p-2. The van der Waals surface area contributed by atoms with E-state index in [1.54, 1.807) is 12.3 Å². The second kappa shape index (κ2) is 14.1. The molecule has 29 heavy (non-hydrogen) atoms. The average molecular weight is 501 g/mol. The first-order chi connectivity index (χ1) is 13.4. The molecule has 0 spiro atoms. The third-order valence-corrected chi connectivity index (χ3v) is 4.10. The van der Waals surface area contributed by atoms with Crippen LogP contribution in [0.4, 0.5) is 10.5 Å². The van der Waals surface area contributed by atoms with Crippen LogP contribution in [0.25, 0.3) is 16.2 Å². The van der Waals surface area contributed by atoms with Gasteiger partial charge in [-0.3, -0.25) is 9.78 Å². The molecule has 1 heterocycles. The molecule has 0 unspecified atom stereocenters. The van der Waals surface area contributed by atoms with Gasteiger partial charge in [0.15, 0.2) is 0 Å². The van der Waals surface area contributed by atoms with Gasteiger partial charge in [-0.05, 0) is 37.0 Å². The summed E-state index contributed by atoms with van der Waals surface area (Å²) in [5.41, 5.74) is 5.11. The van der Waals surface area contributed by atoms with Crippen molar-refractivity contribution in [3.8, 4) is 0 Å². The summed E-state index contributed by atoms with van der Waals surface area (Å²) in [5.74, 6) is 0.653. The van der Waals surface area contributed by atoms with Crippen molar-refractivity contribution in [2.24, 2.45) is 0 Å². The Labute approximate surface area is 188 Å². The van der Waals surface area contributed by atoms with Crippen LogP contribution in [0.2, 0.25) is 0 Å². The molecule has 0 N–H and O–H groups in total. The van der Waals surface area contributed by atoms with E-state index in [1.807, 2.05) is 42.4 Å². The first-order valence-corrected chi connectivity index (χ1v) is 11.0. The van der Waals surface area contributed by atoms with Gasteiger partial charge in [-0.2, -0.15) is 0 Å². The van der Waals surface area contributed by atoms with Crippen LogP contribution in [0.1, 0.15) is 36.5 Å². The average Bonchev–Trinajstić information content (AvgIpc) is 2.72. The van der Waals surface area contributed by atoms with E-state index in [0.29, 0.717) is 17.1 Å². The maximum absolute atomic E-state index is 11.1. The van der Waals surface area contributed by atoms with E-state index in [0.717, 1.165) is 10.9 Å². The zero-order chi connectivity index (χ0) is 21.1. The molecular formula is C23H28ClN2O2Ru. The van der Waals surface area contributed by atoms with Gasteiger partial charge in [0.05, 0.1) is 12.6 Å². The molecule has 2 aromatic carbocycles. The number of pyridine rings is 1. The molecule has 0 aliphatic rings. The quantitative estimate of drug-likeness (QED) is 0.269. The molecule has 157 valence electrons. The number of halogens is 1. The summed E-state index contributed by atoms with van der Waals surface area (Å²) < 4.78 is 4.50. The van der Waals surface area contributed by atoms with Crippen LogP contribution >= 0.6 is 9.69 Å². The van der Waals surface area contributed by atoms with Crippen molar-refractivity contribution in [3.63, 3.8) is 0 Å². The van der Waals surface area contributed by atoms with E-state index in [4.69, 9.17) is 0 Å². The Bertz CT molecular complexity index is 884. The summed E-state index contributed by atoms with van der Waals surface area (Å²) in [6.45, 7) is 8.53. The Morgan fingerprint density at radius 1 is 1.07 bits per heavy atom. The van der Waals surface area contributed by atoms with Crippen molar-refractivity contribution in [2.75, 3.05) is 7.11 Å². The molecule has 0 atom stereocenters. The van der Waals surface area contributed by atoms with Gasteiger partial charge < -0.3 is 17.5 Å². The fourth-order valence-electron chi connectivity index (χ4n) is 2.49. The molecule has 0 saturated heterocycles. The Morgan fingerprint density at radius 2 is 1.69 bits per heavy atom. The van der Waals surface area contributed by atoms with Gasteiger partial charge in [0, 0.05) is 11.6 Å². The Morgan fingerprint density at radius 3 is 2.24 bits per heavy atom. The van der Waals surface area contributed by atoms with Gasteiger partial charge in [0.1, 0.15) is 0 Å². The van der Waals surface area contributed by atoms with Crippen LogP contribution in [-0.2, 0) is 22.0 Å². The third-order valence-electron chi connectivity index (χ3n) is 4.10. The van der Waals surface area contributed by atoms with Crippen LogP contribution in [0.3, 0.4) is 0 Å². The maximum atomic E-state index is 11.1. The van der Waals surface area contributed by atoms with E-state index in [9.17, 15) is 4.79 Å². The number of rotatable bonds is 2. The van der Waals surface area contributed by atoms with Crippen LogP contribution in [0.5, 0.6) is 0 Å². The monoisotopic (exact) mass is 501 g/mol. The Kier molecular flexibility index (Phi) is 13.1. The van der Waals surface area contributed by atoms with Gasteiger partial charge in [-0.25, -0.2) is 0 Å². The molecule has 0 bridgehead atoms. The predicted octanol–water partition coefficient (Wildman–Crippen LogP) is 7.57. The third kappa shape index (κ3) is 8.51. The molecule has 1 amide bonds. The van der Waals surface area contributed by atoms with E-state index < -0.39 is 6.09 Å². The van der Waals surface area contributed by atoms with Crippen LogP contribution < -0.4 is 0 Å². The fourth-order valence-corrected chi connectivity index (χ4v) is 2.49. The number of methoxy groups -OCH3 is 1. The van der Waals surface area contributed by atoms with E-state index >= 15 is 0 Å². The SMILES string of the molecule is COC(=O)[N-]c1ccc(C)c2cccnc12.Cc1ccc(C(C)C)cc1.[CH3-].[Cl][Ru+2]. The summed E-state index contributed by atoms with van der Waals surface area (Å²) >= 11 is 1.82. The summed E-state index contributed by atoms with van der Waals surface area (Å²) in [6, 6.07) is 16.2. The topological polar surface area (TPSA) is 53.3 Å². The number of carbonyl (C=O) groups excluding carboxylic acids is 1. The second-order valence-corrected chi connectivity index (χ2v) is 6.45. The number of aromatic nitrogens is 1. The molecule has 4 nitrogen and oxygen atoms in total. The van der Waals surface area contributed by atoms with Crippen molar-refractivity contribution in [1.82, 2.24) is 4.98 Å². The molecule has 3 aromatic rings. The number of ether oxygens (including phenoxy) is 1. The van der Waals surface area contributed by atoms with Gasteiger partial charge in [-0.15, -0.1) is 5.69 Å². The molecule has 0 fully saturated rings. The zero-order valence-electron chi connectivity index (χ0n) is 17.7. The van der Waals surface area contributed by atoms with E-state index in [-0.39, 0.29) is 7.43 Å². The number of hydrogen-bond acceptors (Lipinski definition) is 3. The molecular weight excluding hydrogens is 473 g/mol. The molecule has 3 rings (SSSR count). The van der Waals surface area contributed by atoms with E-state index in [2.05, 4.69) is 69.8 Å². The van der Waals surface area contributed by atoms with Gasteiger partial charge >= 0.3 is 27.0 Å². The molecule has 0 aliphatic heterocycles. The second-order valence-electron chi connectivity index (χ2n) is 6.45. The molecule has 0 saturated carbocycles. The van der Waals surface area contributed by atoms with Gasteiger partial charge in [-0.1, -0.05) is 61.9 Å². The number of nitrogens with zero attached hydrogens (tertiary/aromatic N) is 2. The molecule has 1 aromatic heterocycles. The summed E-state index contributed by atoms with van der Waals surface area (Å²) in [5, 5.41) is 4.82. The van der Waals surface area contributed by atoms with Crippen molar-refractivity contribution in [2.45, 2.75) is 33.6 Å². The van der Waals surface area contributed by atoms with Crippen LogP contribution in [0.15, 0.2) is 54.7 Å². The summed E-state index contributed by atoms with van der Waals surface area (Å²) in [6.07, 6.45) is 1.06. The first-order valence-electron chi connectivity index (χ1n) is 8.76. The molecule has 6 heteroatoms. The van der Waals surface area contributed by atoms with Crippen LogP contribution in [0, 0.1) is 21.3 Å². The van der Waals surface area contributed by atoms with E-state index in [1.165, 1.54) is 18.2 Å². The van der Waals surface area contributed by atoms with Crippen molar-refractivity contribution >= 4 is 32.4 Å². The summed E-state index contributed by atoms with van der Waals surface area (Å²) in [7, 11) is 5.87. The summed E-state index contributed by atoms with van der Waals surface area (Å²) in [4.78, 5) is 15.3. The predicted molar refractivity (Wildman–Crippen MR) is 119 cm³/mol. The number of fused-ring (bicyclic) bond motifs is 1. The number of hydrogen-bond donors (Lipinski definition) is 0.